The van der Waals surface area contributed by atoms with Crippen molar-refractivity contribution in [3.05, 3.63) is 24.3 Å². The van der Waals surface area contributed by atoms with Crippen molar-refractivity contribution in [2.24, 2.45) is 0 Å². The summed E-state index contributed by atoms with van der Waals surface area (Å²) in [5.74, 6) is 0. The second-order valence-electron chi connectivity index (χ2n) is 3.06. The molecule has 4 heteroatoms. The maximum atomic E-state index is 10.9. The van der Waals surface area contributed by atoms with Gasteiger partial charge in [-0.3, -0.25) is 5.32 Å². The maximum absolute atomic E-state index is 10.9. The molecule has 0 saturated heterocycles. The van der Waals surface area contributed by atoms with Crippen molar-refractivity contribution >= 4 is 22.7 Å². The molecule has 0 saturated carbocycles. The fraction of sp³-hybridized carbons (Fsp3) is 0.300. The van der Waals surface area contributed by atoms with E-state index in [1.54, 1.807) is 0 Å². The zero-order chi connectivity index (χ0) is 10.6. The number of rotatable bonds is 2. The molecular weight excluding hydrogens is 198 g/mol. The Morgan fingerprint density at radius 3 is 2.29 bits per heavy atom. The highest BCUT2D eigenvalue weighted by Gasteiger charge is 2.00. The Morgan fingerprint density at radius 2 is 1.86 bits per heavy atom. The number of benzene rings is 1. The third kappa shape index (κ3) is 2.96. The molecule has 1 N–H and O–H groups in total. The predicted molar refractivity (Wildman–Crippen MR) is 61.6 cm³/mol. The summed E-state index contributed by atoms with van der Waals surface area (Å²) in [5, 5.41) is 2.60. The van der Waals surface area contributed by atoms with Crippen LogP contribution in [0.15, 0.2) is 29.2 Å². The summed E-state index contributed by atoms with van der Waals surface area (Å²) >= 11 is 0. The molecular formula is C10H15NO2S. The molecule has 0 heterocycles. The number of methoxy groups -OCH3 is 1. The first-order valence-corrected chi connectivity index (χ1v) is 6.49. The predicted octanol–water partition coefficient (Wildman–Crippen LogP) is 2.48. The van der Waals surface area contributed by atoms with Gasteiger partial charge < -0.3 is 4.74 Å². The summed E-state index contributed by atoms with van der Waals surface area (Å²) in [7, 11) is 1.27. The number of thiol groups is 1. The molecule has 0 atom stereocenters. The highest BCUT2D eigenvalue weighted by Crippen LogP contribution is 2.28. The Kier molecular flexibility index (Phi) is 3.83. The molecule has 0 aliphatic heterocycles. The number of hydrogen-bond donors (Lipinski definition) is 2. The second kappa shape index (κ2) is 4.91. The van der Waals surface area contributed by atoms with Gasteiger partial charge in [-0.25, -0.2) is 15.7 Å². The quantitative estimate of drug-likeness (QED) is 0.741. The van der Waals surface area contributed by atoms with Gasteiger partial charge in [-0.1, -0.05) is 0 Å². The van der Waals surface area contributed by atoms with Gasteiger partial charge in [0, 0.05) is 5.69 Å². The van der Waals surface area contributed by atoms with Gasteiger partial charge in [0.1, 0.15) is 0 Å². The molecule has 0 fully saturated rings. The Hall–Kier alpha value is -1.16. The van der Waals surface area contributed by atoms with Crippen molar-refractivity contribution < 1.29 is 9.53 Å². The van der Waals surface area contributed by atoms with E-state index in [0.717, 1.165) is 5.69 Å². The topological polar surface area (TPSA) is 38.3 Å². The summed E-state index contributed by atoms with van der Waals surface area (Å²) in [6, 6.07) is 7.82. The smallest absolute Gasteiger partial charge is 0.411 e. The van der Waals surface area contributed by atoms with Crippen molar-refractivity contribution in [3.63, 3.8) is 0 Å². The first kappa shape index (κ1) is 10.9. The lowest BCUT2D eigenvalue weighted by Gasteiger charge is -2.10. The lowest BCUT2D eigenvalue weighted by Crippen LogP contribution is -2.10. The third-order valence-corrected chi connectivity index (χ3v) is 3.15. The molecule has 0 bridgehead atoms. The average molecular weight is 213 g/mol. The monoisotopic (exact) mass is 213 g/mol. The highest BCUT2D eigenvalue weighted by molar-refractivity contribution is 8.15. The lowest BCUT2D eigenvalue weighted by atomic mass is 10.3. The molecule has 0 radical (unpaired) electrons. The van der Waals surface area contributed by atoms with Crippen molar-refractivity contribution in [1.82, 2.24) is 0 Å². The van der Waals surface area contributed by atoms with Crippen LogP contribution in [0.1, 0.15) is 0 Å². The van der Waals surface area contributed by atoms with E-state index >= 15 is 0 Å². The molecule has 1 amide bonds. The number of carbonyl (C=O) groups excluding carboxylic acids is 1. The number of anilines is 1. The molecule has 1 aromatic carbocycles. The Bertz CT molecular complexity index is 308. The van der Waals surface area contributed by atoms with Crippen LogP contribution in [0.3, 0.4) is 0 Å². The normalized spacial score (nSPS) is 10.6. The second-order valence-corrected chi connectivity index (χ2v) is 5.36. The average Bonchev–Trinajstić information content (AvgIpc) is 2.18. The minimum absolute atomic E-state index is 0.0759. The molecule has 14 heavy (non-hydrogen) atoms. The van der Waals surface area contributed by atoms with Crippen LogP contribution in [0.2, 0.25) is 0 Å². The van der Waals surface area contributed by atoms with Crippen molar-refractivity contribution in [2.45, 2.75) is 4.90 Å². The summed E-state index contributed by atoms with van der Waals surface area (Å²) in [5.41, 5.74) is 0.762. The van der Waals surface area contributed by atoms with Gasteiger partial charge in [-0.05, 0) is 41.7 Å². The van der Waals surface area contributed by atoms with Gasteiger partial charge in [0.25, 0.3) is 0 Å². The molecule has 0 spiro atoms. The van der Waals surface area contributed by atoms with Crippen LogP contribution in [-0.2, 0) is 4.74 Å². The van der Waals surface area contributed by atoms with E-state index in [9.17, 15) is 4.79 Å². The zero-order valence-electron chi connectivity index (χ0n) is 8.57. The zero-order valence-corrected chi connectivity index (χ0v) is 9.47. The minimum atomic E-state index is -0.437. The molecule has 1 aromatic rings. The first-order valence-electron chi connectivity index (χ1n) is 4.26. The third-order valence-electron chi connectivity index (χ3n) is 1.82. The Labute approximate surface area is 86.8 Å². The van der Waals surface area contributed by atoms with E-state index in [2.05, 4.69) is 22.6 Å². The molecule has 3 nitrogen and oxygen atoms in total. The van der Waals surface area contributed by atoms with Crippen LogP contribution in [0.4, 0.5) is 10.5 Å². The van der Waals surface area contributed by atoms with Crippen molar-refractivity contribution in [3.8, 4) is 0 Å². The Morgan fingerprint density at radius 1 is 1.29 bits per heavy atom. The maximum Gasteiger partial charge on any atom is 0.411 e. The van der Waals surface area contributed by atoms with E-state index < -0.39 is 6.09 Å². The number of amides is 1. The van der Waals surface area contributed by atoms with E-state index in [1.165, 1.54) is 12.0 Å². The van der Waals surface area contributed by atoms with Crippen LogP contribution in [0, 0.1) is 0 Å². The SMILES string of the molecule is COC(=O)Nc1ccc([SH](C)C)cc1. The molecule has 0 aliphatic carbocycles. The molecule has 0 aromatic heterocycles. The molecule has 78 valence electrons. The number of carbonyl (C=O) groups is 1. The van der Waals surface area contributed by atoms with Crippen LogP contribution in [0.25, 0.3) is 0 Å². The van der Waals surface area contributed by atoms with Gasteiger partial charge in [-0.2, -0.15) is 0 Å². The van der Waals surface area contributed by atoms with Gasteiger partial charge >= 0.3 is 6.09 Å². The van der Waals surface area contributed by atoms with Crippen molar-refractivity contribution in [2.75, 3.05) is 24.9 Å². The lowest BCUT2D eigenvalue weighted by molar-refractivity contribution is 0.187. The fourth-order valence-electron chi connectivity index (χ4n) is 1.01. The summed E-state index contributed by atoms with van der Waals surface area (Å²) in [6.45, 7) is 0. The number of hydrogen-bond acceptors (Lipinski definition) is 2. The fourth-order valence-corrected chi connectivity index (χ4v) is 1.76. The van der Waals surface area contributed by atoms with Gasteiger partial charge in [0.2, 0.25) is 0 Å². The molecule has 1 rings (SSSR count). The summed E-state index contributed by atoms with van der Waals surface area (Å²) in [6.07, 6.45) is 3.95. The minimum Gasteiger partial charge on any atom is -0.453 e. The summed E-state index contributed by atoms with van der Waals surface area (Å²) < 4.78 is 4.49. The standard InChI is InChI=1S/C10H15NO2S/c1-13-10(12)11-8-4-6-9(7-5-8)14(2)3/h4-7,14H,1-3H3,(H,11,12). The van der Waals surface area contributed by atoms with Crippen LogP contribution >= 0.6 is 10.9 Å². The highest BCUT2D eigenvalue weighted by atomic mass is 32.2. The van der Waals surface area contributed by atoms with Crippen molar-refractivity contribution in [1.29, 1.82) is 0 Å². The Balaban J connectivity index is 2.69. The van der Waals surface area contributed by atoms with E-state index in [4.69, 9.17) is 0 Å². The number of nitrogens with one attached hydrogen (secondary N) is 1. The van der Waals surface area contributed by atoms with Crippen LogP contribution in [0.5, 0.6) is 0 Å². The van der Waals surface area contributed by atoms with Gasteiger partial charge in [0.05, 0.1) is 7.11 Å². The van der Waals surface area contributed by atoms with E-state index in [0.29, 0.717) is 0 Å². The van der Waals surface area contributed by atoms with E-state index in [-0.39, 0.29) is 10.9 Å². The first-order chi connectivity index (χ1) is 6.63. The largest absolute Gasteiger partial charge is 0.453 e. The van der Waals surface area contributed by atoms with Crippen LogP contribution in [-0.4, -0.2) is 25.7 Å². The van der Waals surface area contributed by atoms with Gasteiger partial charge in [-0.15, -0.1) is 0 Å². The number of ether oxygens (including phenoxy) is 1. The molecule has 0 unspecified atom stereocenters. The van der Waals surface area contributed by atoms with E-state index in [1.807, 2.05) is 24.3 Å². The van der Waals surface area contributed by atoms with Gasteiger partial charge in [0.15, 0.2) is 0 Å². The van der Waals surface area contributed by atoms with Crippen LogP contribution < -0.4 is 5.32 Å². The summed E-state index contributed by atoms with van der Waals surface area (Å²) in [4.78, 5) is 12.2. The molecule has 0 aliphatic rings.